The molecule has 0 atom stereocenters. The van der Waals surface area contributed by atoms with Gasteiger partial charge in [0.05, 0.1) is 12.8 Å². The van der Waals surface area contributed by atoms with Crippen molar-refractivity contribution in [1.29, 1.82) is 0 Å². The van der Waals surface area contributed by atoms with Gasteiger partial charge in [0.1, 0.15) is 17.1 Å². The van der Waals surface area contributed by atoms with Crippen LogP contribution in [0.1, 0.15) is 24.2 Å². The summed E-state index contributed by atoms with van der Waals surface area (Å²) in [6.45, 7) is 1.91. The van der Waals surface area contributed by atoms with Gasteiger partial charge < -0.3 is 9.52 Å². The summed E-state index contributed by atoms with van der Waals surface area (Å²) in [6.07, 6.45) is 0.0811. The average molecular weight is 246 g/mol. The van der Waals surface area contributed by atoms with Gasteiger partial charge in [0.25, 0.3) is 0 Å². The number of carbonyl (C=O) groups is 2. The summed E-state index contributed by atoms with van der Waals surface area (Å²) in [7, 11) is 0. The molecule has 4 nitrogen and oxygen atoms in total. The number of aliphatic carboxylic acids is 1. The zero-order chi connectivity index (χ0) is 13.1. The Kier molecular flexibility index (Phi) is 3.46. The van der Waals surface area contributed by atoms with Gasteiger partial charge in [-0.05, 0) is 18.6 Å². The minimum absolute atomic E-state index is 0.0474. The Morgan fingerprint density at radius 1 is 1.22 bits per heavy atom. The minimum Gasteiger partial charge on any atom is -0.481 e. The van der Waals surface area contributed by atoms with Crippen LogP contribution in [0.25, 0.3) is 11.0 Å². The molecule has 0 amide bonds. The summed E-state index contributed by atoms with van der Waals surface area (Å²) in [5, 5.41) is 9.52. The lowest BCUT2D eigenvalue weighted by Crippen LogP contribution is -2.06. The Morgan fingerprint density at radius 3 is 2.61 bits per heavy atom. The van der Waals surface area contributed by atoms with E-state index in [0.29, 0.717) is 5.76 Å². The van der Waals surface area contributed by atoms with E-state index in [1.807, 2.05) is 31.2 Å². The first-order chi connectivity index (χ1) is 8.58. The molecule has 2 rings (SSSR count). The lowest BCUT2D eigenvalue weighted by atomic mass is 10.1. The van der Waals surface area contributed by atoms with E-state index in [1.54, 1.807) is 0 Å². The number of benzene rings is 1. The molecule has 2 aromatic rings. The van der Waals surface area contributed by atoms with Crippen LogP contribution in [0.4, 0.5) is 0 Å². The van der Waals surface area contributed by atoms with Gasteiger partial charge in [0.15, 0.2) is 0 Å². The number of hydrogen-bond acceptors (Lipinski definition) is 3. The van der Waals surface area contributed by atoms with E-state index in [2.05, 4.69) is 0 Å². The molecule has 1 aromatic heterocycles. The second kappa shape index (κ2) is 5.04. The van der Waals surface area contributed by atoms with Crippen LogP contribution in [0.5, 0.6) is 0 Å². The van der Waals surface area contributed by atoms with Gasteiger partial charge in [0, 0.05) is 11.8 Å². The summed E-state index contributed by atoms with van der Waals surface area (Å²) in [5.41, 5.74) is 1.71. The number of aryl methyl sites for hydroxylation is 1. The van der Waals surface area contributed by atoms with Crippen molar-refractivity contribution < 1.29 is 19.1 Å². The van der Waals surface area contributed by atoms with Crippen molar-refractivity contribution in [3.05, 3.63) is 35.6 Å². The molecule has 0 unspecified atom stereocenters. The van der Waals surface area contributed by atoms with Crippen LogP contribution >= 0.6 is 0 Å². The molecule has 0 fully saturated rings. The summed E-state index contributed by atoms with van der Waals surface area (Å²) < 4.78 is 5.61. The maximum Gasteiger partial charge on any atom is 0.303 e. The molecule has 0 spiro atoms. The van der Waals surface area contributed by atoms with Crippen LogP contribution in [0.3, 0.4) is 0 Å². The molecule has 0 bridgehead atoms. The number of fused-ring (bicyclic) bond motifs is 1. The van der Waals surface area contributed by atoms with Crippen LogP contribution in [0.15, 0.2) is 28.7 Å². The standard InChI is InChI=1S/C14H14O4/c1-9-11-4-2-3-5-12(11)18-13(9)8-10(15)6-7-14(16)17/h2-5H,6-8H2,1H3,(H,16,17). The zero-order valence-electron chi connectivity index (χ0n) is 10.1. The molecule has 94 valence electrons. The van der Waals surface area contributed by atoms with Crippen LogP contribution < -0.4 is 0 Å². The van der Waals surface area contributed by atoms with E-state index in [9.17, 15) is 9.59 Å². The molecule has 1 aromatic carbocycles. The Labute approximate surface area is 104 Å². The van der Waals surface area contributed by atoms with E-state index < -0.39 is 5.97 Å². The van der Waals surface area contributed by atoms with Gasteiger partial charge in [-0.3, -0.25) is 9.59 Å². The quantitative estimate of drug-likeness (QED) is 0.880. The molecule has 0 aliphatic carbocycles. The number of carboxylic acids is 1. The Bertz CT molecular complexity index is 595. The third kappa shape index (κ3) is 2.59. The Hall–Kier alpha value is -2.10. The Balaban J connectivity index is 2.14. The molecule has 0 radical (unpaired) electrons. The topological polar surface area (TPSA) is 67.5 Å². The minimum atomic E-state index is -0.954. The predicted octanol–water partition coefficient (Wildman–Crippen LogP) is 2.72. The van der Waals surface area contributed by atoms with E-state index >= 15 is 0 Å². The van der Waals surface area contributed by atoms with Crippen molar-refractivity contribution in [1.82, 2.24) is 0 Å². The smallest absolute Gasteiger partial charge is 0.303 e. The molecule has 0 aliphatic heterocycles. The number of carboxylic acid groups (broad SMARTS) is 1. The number of furan rings is 1. The van der Waals surface area contributed by atoms with Gasteiger partial charge in [0.2, 0.25) is 0 Å². The van der Waals surface area contributed by atoms with Crippen LogP contribution in [-0.2, 0) is 16.0 Å². The van der Waals surface area contributed by atoms with Crippen molar-refractivity contribution in [3.63, 3.8) is 0 Å². The average Bonchev–Trinajstić information content (AvgIpc) is 2.65. The first kappa shape index (κ1) is 12.4. The first-order valence-corrected chi connectivity index (χ1v) is 5.78. The lowest BCUT2D eigenvalue weighted by Gasteiger charge is -1.97. The van der Waals surface area contributed by atoms with Crippen LogP contribution in [-0.4, -0.2) is 16.9 Å². The number of Topliss-reactive ketones (excluding diaryl/α,β-unsaturated/α-hetero) is 1. The maximum absolute atomic E-state index is 11.6. The molecule has 18 heavy (non-hydrogen) atoms. The highest BCUT2D eigenvalue weighted by molar-refractivity contribution is 5.87. The molecule has 4 heteroatoms. The first-order valence-electron chi connectivity index (χ1n) is 5.78. The van der Waals surface area contributed by atoms with Gasteiger partial charge in [-0.15, -0.1) is 0 Å². The summed E-state index contributed by atoms with van der Waals surface area (Å²) in [6, 6.07) is 7.59. The fraction of sp³-hybridized carbons (Fsp3) is 0.286. The summed E-state index contributed by atoms with van der Waals surface area (Å²) >= 11 is 0. The number of rotatable bonds is 5. The van der Waals surface area contributed by atoms with Gasteiger partial charge in [-0.1, -0.05) is 18.2 Å². The summed E-state index contributed by atoms with van der Waals surface area (Å²) in [5.74, 6) is -0.434. The molecular formula is C14H14O4. The Morgan fingerprint density at radius 2 is 1.94 bits per heavy atom. The number of hydrogen-bond donors (Lipinski definition) is 1. The molecule has 1 N–H and O–H groups in total. The van der Waals surface area contributed by atoms with Gasteiger partial charge >= 0.3 is 5.97 Å². The largest absolute Gasteiger partial charge is 0.481 e. The van der Waals surface area contributed by atoms with Crippen molar-refractivity contribution in [3.8, 4) is 0 Å². The molecule has 0 saturated heterocycles. The number of para-hydroxylation sites is 1. The van der Waals surface area contributed by atoms with Gasteiger partial charge in [-0.25, -0.2) is 0 Å². The van der Waals surface area contributed by atoms with Crippen molar-refractivity contribution in [2.45, 2.75) is 26.2 Å². The monoisotopic (exact) mass is 246 g/mol. The SMILES string of the molecule is Cc1c(CC(=O)CCC(=O)O)oc2ccccc12. The number of ketones is 1. The third-order valence-corrected chi connectivity index (χ3v) is 2.92. The predicted molar refractivity (Wildman–Crippen MR) is 66.5 cm³/mol. The molecular weight excluding hydrogens is 232 g/mol. The fourth-order valence-corrected chi connectivity index (χ4v) is 1.91. The highest BCUT2D eigenvalue weighted by Crippen LogP contribution is 2.25. The zero-order valence-corrected chi connectivity index (χ0v) is 10.1. The maximum atomic E-state index is 11.6. The van der Waals surface area contributed by atoms with E-state index in [1.165, 1.54) is 0 Å². The van der Waals surface area contributed by atoms with E-state index in [4.69, 9.17) is 9.52 Å². The fourth-order valence-electron chi connectivity index (χ4n) is 1.91. The van der Waals surface area contributed by atoms with Gasteiger partial charge in [-0.2, -0.15) is 0 Å². The number of carbonyl (C=O) groups excluding carboxylic acids is 1. The second-order valence-corrected chi connectivity index (χ2v) is 4.26. The van der Waals surface area contributed by atoms with Crippen molar-refractivity contribution in [2.75, 3.05) is 0 Å². The lowest BCUT2D eigenvalue weighted by molar-refractivity contribution is -0.138. The summed E-state index contributed by atoms with van der Waals surface area (Å²) in [4.78, 5) is 22.0. The normalized spacial score (nSPS) is 10.7. The second-order valence-electron chi connectivity index (χ2n) is 4.26. The third-order valence-electron chi connectivity index (χ3n) is 2.92. The molecule has 0 aliphatic rings. The van der Waals surface area contributed by atoms with Crippen molar-refractivity contribution in [2.24, 2.45) is 0 Å². The van der Waals surface area contributed by atoms with E-state index in [-0.39, 0.29) is 25.0 Å². The van der Waals surface area contributed by atoms with Crippen molar-refractivity contribution >= 4 is 22.7 Å². The van der Waals surface area contributed by atoms with Crippen LogP contribution in [0.2, 0.25) is 0 Å². The highest BCUT2D eigenvalue weighted by atomic mass is 16.4. The highest BCUT2D eigenvalue weighted by Gasteiger charge is 2.14. The molecule has 1 heterocycles. The molecule has 0 saturated carbocycles. The van der Waals surface area contributed by atoms with Crippen LogP contribution in [0, 0.1) is 6.92 Å². The van der Waals surface area contributed by atoms with E-state index in [0.717, 1.165) is 16.5 Å².